The van der Waals surface area contributed by atoms with Crippen molar-refractivity contribution >= 4 is 5.91 Å². The van der Waals surface area contributed by atoms with Crippen LogP contribution >= 0.6 is 0 Å². The minimum absolute atomic E-state index is 0.0831. The highest BCUT2D eigenvalue weighted by Gasteiger charge is 2.08. The molecule has 3 aromatic rings. The number of hydrogen-bond acceptors (Lipinski definition) is 3. The lowest BCUT2D eigenvalue weighted by molar-refractivity contribution is 0.0950. The smallest absolute Gasteiger partial charge is 0.251 e. The van der Waals surface area contributed by atoms with Crippen molar-refractivity contribution in [2.45, 2.75) is 20.4 Å². The van der Waals surface area contributed by atoms with Crippen molar-refractivity contribution in [2.24, 2.45) is 0 Å². The number of nitrogens with zero attached hydrogens (tertiary/aromatic N) is 1. The summed E-state index contributed by atoms with van der Waals surface area (Å²) in [6.45, 7) is 4.40. The second kappa shape index (κ2) is 6.48. The summed E-state index contributed by atoms with van der Waals surface area (Å²) in [7, 11) is 0. The molecule has 0 unspecified atom stereocenters. The average molecular weight is 306 g/mol. The molecule has 2 heterocycles. The standard InChI is InChI=1S/C19H18N2O2/c1-13-6-14(2)8-16(7-13)19(22)21-11-15-9-17(12-20-10-15)18-4-3-5-23-18/h3-10,12H,11H2,1-2H3,(H,21,22). The van der Waals surface area contributed by atoms with Crippen LogP contribution in [-0.2, 0) is 6.54 Å². The summed E-state index contributed by atoms with van der Waals surface area (Å²) in [5, 5.41) is 2.93. The molecule has 0 saturated carbocycles. The van der Waals surface area contributed by atoms with E-state index in [-0.39, 0.29) is 5.91 Å². The molecule has 0 aliphatic carbocycles. The van der Waals surface area contributed by atoms with E-state index in [4.69, 9.17) is 4.42 Å². The molecule has 116 valence electrons. The van der Waals surface area contributed by atoms with Crippen molar-refractivity contribution in [1.29, 1.82) is 0 Å². The first-order chi connectivity index (χ1) is 11.1. The van der Waals surface area contributed by atoms with Crippen LogP contribution in [0.4, 0.5) is 0 Å². The highest BCUT2D eigenvalue weighted by atomic mass is 16.3. The molecule has 1 aromatic carbocycles. The number of aromatic nitrogens is 1. The monoisotopic (exact) mass is 306 g/mol. The molecular formula is C19H18N2O2. The fourth-order valence-corrected chi connectivity index (χ4v) is 2.55. The lowest BCUT2D eigenvalue weighted by atomic mass is 10.1. The normalized spacial score (nSPS) is 10.5. The summed E-state index contributed by atoms with van der Waals surface area (Å²) in [4.78, 5) is 16.5. The van der Waals surface area contributed by atoms with Crippen LogP contribution in [0, 0.1) is 13.8 Å². The van der Waals surface area contributed by atoms with Gasteiger partial charge in [0, 0.05) is 30.1 Å². The molecule has 4 nitrogen and oxygen atoms in total. The van der Waals surface area contributed by atoms with Crippen LogP contribution in [0.5, 0.6) is 0 Å². The number of carbonyl (C=O) groups excluding carboxylic acids is 1. The van der Waals surface area contributed by atoms with E-state index in [9.17, 15) is 4.79 Å². The van der Waals surface area contributed by atoms with E-state index in [1.807, 2.05) is 50.2 Å². The van der Waals surface area contributed by atoms with Crippen LogP contribution in [0.15, 0.2) is 59.5 Å². The van der Waals surface area contributed by atoms with Crippen molar-refractivity contribution in [3.05, 3.63) is 77.3 Å². The summed E-state index contributed by atoms with van der Waals surface area (Å²) in [6, 6.07) is 11.5. The van der Waals surface area contributed by atoms with Gasteiger partial charge in [0.2, 0.25) is 0 Å². The summed E-state index contributed by atoms with van der Waals surface area (Å²) in [5.41, 5.74) is 4.66. The second-order valence-corrected chi connectivity index (χ2v) is 5.62. The van der Waals surface area contributed by atoms with E-state index in [1.54, 1.807) is 18.7 Å². The van der Waals surface area contributed by atoms with Gasteiger partial charge in [-0.2, -0.15) is 0 Å². The Labute approximate surface area is 135 Å². The Morgan fingerprint density at radius 2 is 1.91 bits per heavy atom. The maximum Gasteiger partial charge on any atom is 0.251 e. The molecule has 4 heteroatoms. The van der Waals surface area contributed by atoms with E-state index in [2.05, 4.69) is 10.3 Å². The van der Waals surface area contributed by atoms with Crippen molar-refractivity contribution in [2.75, 3.05) is 0 Å². The van der Waals surface area contributed by atoms with E-state index in [0.29, 0.717) is 12.1 Å². The molecule has 0 aliphatic rings. The number of hydrogen-bond donors (Lipinski definition) is 1. The number of aryl methyl sites for hydroxylation is 2. The Hall–Kier alpha value is -2.88. The van der Waals surface area contributed by atoms with Crippen molar-refractivity contribution in [3.63, 3.8) is 0 Å². The predicted octanol–water partition coefficient (Wildman–Crippen LogP) is 3.89. The van der Waals surface area contributed by atoms with Crippen LogP contribution in [-0.4, -0.2) is 10.9 Å². The summed E-state index contributed by atoms with van der Waals surface area (Å²) in [6.07, 6.45) is 5.12. The Bertz CT molecular complexity index is 803. The summed E-state index contributed by atoms with van der Waals surface area (Å²) in [5.74, 6) is 0.681. The van der Waals surface area contributed by atoms with Crippen LogP contribution in [0.25, 0.3) is 11.3 Å². The Morgan fingerprint density at radius 3 is 2.61 bits per heavy atom. The Balaban J connectivity index is 1.71. The van der Waals surface area contributed by atoms with E-state index < -0.39 is 0 Å². The van der Waals surface area contributed by atoms with Crippen LogP contribution in [0.3, 0.4) is 0 Å². The number of nitrogens with one attached hydrogen (secondary N) is 1. The third kappa shape index (κ3) is 3.66. The summed E-state index contributed by atoms with van der Waals surface area (Å²) < 4.78 is 5.37. The molecular weight excluding hydrogens is 288 g/mol. The molecule has 0 atom stereocenters. The van der Waals surface area contributed by atoms with E-state index in [1.165, 1.54) is 0 Å². The zero-order valence-electron chi connectivity index (χ0n) is 13.2. The molecule has 0 spiro atoms. The lowest BCUT2D eigenvalue weighted by Crippen LogP contribution is -2.23. The number of rotatable bonds is 4. The zero-order chi connectivity index (χ0) is 16.2. The molecule has 2 aromatic heterocycles. The fraction of sp³-hybridized carbons (Fsp3) is 0.158. The number of carbonyl (C=O) groups is 1. The number of amides is 1. The van der Waals surface area contributed by atoms with Crippen molar-refractivity contribution in [3.8, 4) is 11.3 Å². The van der Waals surface area contributed by atoms with Gasteiger partial charge in [-0.3, -0.25) is 9.78 Å². The fourth-order valence-electron chi connectivity index (χ4n) is 2.55. The first-order valence-electron chi connectivity index (χ1n) is 7.46. The topological polar surface area (TPSA) is 55.1 Å². The highest BCUT2D eigenvalue weighted by Crippen LogP contribution is 2.19. The van der Waals surface area contributed by atoms with Gasteiger partial charge < -0.3 is 9.73 Å². The third-order valence-corrected chi connectivity index (χ3v) is 3.54. The molecule has 0 saturated heterocycles. The largest absolute Gasteiger partial charge is 0.464 e. The van der Waals surface area contributed by atoms with Gasteiger partial charge in [0.15, 0.2) is 0 Å². The summed E-state index contributed by atoms with van der Waals surface area (Å²) >= 11 is 0. The first-order valence-corrected chi connectivity index (χ1v) is 7.46. The molecule has 0 fully saturated rings. The molecule has 0 aliphatic heterocycles. The SMILES string of the molecule is Cc1cc(C)cc(C(=O)NCc2cncc(-c3ccco3)c2)c1. The van der Waals surface area contributed by atoms with E-state index >= 15 is 0 Å². The minimum Gasteiger partial charge on any atom is -0.464 e. The van der Waals surface area contributed by atoms with E-state index in [0.717, 1.165) is 28.0 Å². The quantitative estimate of drug-likeness (QED) is 0.795. The highest BCUT2D eigenvalue weighted by molar-refractivity contribution is 5.94. The average Bonchev–Trinajstić information content (AvgIpc) is 3.06. The van der Waals surface area contributed by atoms with Crippen LogP contribution < -0.4 is 5.32 Å². The van der Waals surface area contributed by atoms with Crippen LogP contribution in [0.1, 0.15) is 27.0 Å². The maximum absolute atomic E-state index is 12.3. The second-order valence-electron chi connectivity index (χ2n) is 5.62. The Kier molecular flexibility index (Phi) is 4.24. The van der Waals surface area contributed by atoms with Gasteiger partial charge in [-0.05, 0) is 49.7 Å². The third-order valence-electron chi connectivity index (χ3n) is 3.54. The minimum atomic E-state index is -0.0831. The zero-order valence-corrected chi connectivity index (χ0v) is 13.2. The predicted molar refractivity (Wildman–Crippen MR) is 89.0 cm³/mol. The maximum atomic E-state index is 12.3. The van der Waals surface area contributed by atoms with Gasteiger partial charge in [-0.15, -0.1) is 0 Å². The molecule has 0 bridgehead atoms. The van der Waals surface area contributed by atoms with Gasteiger partial charge in [-0.25, -0.2) is 0 Å². The van der Waals surface area contributed by atoms with Gasteiger partial charge >= 0.3 is 0 Å². The molecule has 23 heavy (non-hydrogen) atoms. The number of benzene rings is 1. The lowest BCUT2D eigenvalue weighted by Gasteiger charge is -2.08. The molecule has 1 amide bonds. The van der Waals surface area contributed by atoms with Crippen molar-refractivity contribution in [1.82, 2.24) is 10.3 Å². The molecule has 0 radical (unpaired) electrons. The van der Waals surface area contributed by atoms with Gasteiger partial charge in [-0.1, -0.05) is 17.2 Å². The van der Waals surface area contributed by atoms with Crippen molar-refractivity contribution < 1.29 is 9.21 Å². The van der Waals surface area contributed by atoms with Gasteiger partial charge in [0.25, 0.3) is 5.91 Å². The molecule has 1 N–H and O–H groups in total. The van der Waals surface area contributed by atoms with Crippen LogP contribution in [0.2, 0.25) is 0 Å². The van der Waals surface area contributed by atoms with Gasteiger partial charge in [0.1, 0.15) is 5.76 Å². The van der Waals surface area contributed by atoms with Gasteiger partial charge in [0.05, 0.1) is 6.26 Å². The number of furan rings is 1. The molecule has 3 rings (SSSR count). The Morgan fingerprint density at radius 1 is 1.13 bits per heavy atom. The first kappa shape index (κ1) is 15.0. The number of pyridine rings is 1.